The van der Waals surface area contributed by atoms with Crippen LogP contribution < -0.4 is 28.7 Å². The minimum Gasteiger partial charge on any atom is -0.394 e. The molecule has 8 aliphatic rings. The van der Waals surface area contributed by atoms with Gasteiger partial charge in [0.2, 0.25) is 0 Å². The molecule has 8 fully saturated rings. The first-order valence-corrected chi connectivity index (χ1v) is 30.5. The van der Waals surface area contributed by atoms with Crippen molar-refractivity contribution in [3.05, 3.63) is 0 Å². The van der Waals surface area contributed by atoms with Crippen LogP contribution in [0.3, 0.4) is 0 Å². The number of unbranched alkanes of at least 4 members (excludes halogenated alkanes) is 2. The van der Waals surface area contributed by atoms with Crippen LogP contribution in [0.25, 0.3) is 0 Å². The van der Waals surface area contributed by atoms with Gasteiger partial charge in [-0.3, -0.25) is 4.55 Å². The summed E-state index contributed by atoms with van der Waals surface area (Å²) in [6.45, 7) is -3.88. The third-order valence-electron chi connectivity index (χ3n) is 16.5. The zero-order valence-electron chi connectivity index (χ0n) is 47.7. The van der Waals surface area contributed by atoms with Gasteiger partial charge in [0.25, 0.3) is 0 Å². The second-order valence-corrected chi connectivity index (χ2v) is 23.8. The van der Waals surface area contributed by atoms with Crippen molar-refractivity contribution in [2.45, 2.75) is 241 Å². The molecule has 24 N–H and O–H groups in total. The first kappa shape index (κ1) is 72.3. The van der Waals surface area contributed by atoms with E-state index in [0.29, 0.717) is 25.8 Å². The van der Waals surface area contributed by atoms with E-state index in [4.69, 9.17) is 104 Å². The molecule has 0 saturated carbocycles. The topological polar surface area (TPSA) is 604 Å². The highest BCUT2D eigenvalue weighted by molar-refractivity contribution is 7.80. The number of hydrogen-bond donors (Lipinski definition) is 19. The van der Waals surface area contributed by atoms with E-state index in [-0.39, 0.29) is 39.1 Å². The van der Waals surface area contributed by atoms with Crippen molar-refractivity contribution in [2.24, 2.45) is 28.7 Å². The molecule has 8 heterocycles. The summed E-state index contributed by atoms with van der Waals surface area (Å²) in [5.74, 6) is 0. The predicted molar refractivity (Wildman–Crippen MR) is 281 cm³/mol. The molecule has 514 valence electrons. The molecule has 88 heavy (non-hydrogen) atoms. The summed E-state index contributed by atoms with van der Waals surface area (Å²) >= 11 is 0. The Morgan fingerprint density at radius 3 is 1.10 bits per heavy atom. The van der Waals surface area contributed by atoms with Crippen LogP contribution in [0.2, 0.25) is 0 Å². The van der Waals surface area contributed by atoms with E-state index in [1.165, 1.54) is 0 Å². The lowest BCUT2D eigenvalue weighted by molar-refractivity contribution is -0.352. The van der Waals surface area contributed by atoms with Gasteiger partial charge in [-0.15, -0.1) is 0 Å². The van der Waals surface area contributed by atoms with Gasteiger partial charge in [0.1, 0.15) is 104 Å². The summed E-state index contributed by atoms with van der Waals surface area (Å²) < 4.78 is 130. The monoisotopic (exact) mass is 1310 g/mol. The Balaban J connectivity index is 0.762. The Hall–Kier alpha value is -1.49. The van der Waals surface area contributed by atoms with E-state index in [1.54, 1.807) is 0 Å². The highest BCUT2D eigenvalue weighted by Gasteiger charge is 2.54. The Bertz CT molecular complexity index is 2200. The smallest absolute Gasteiger partial charge is 0.394 e. The molecule has 0 aromatic carbocycles. The van der Waals surface area contributed by atoms with Crippen LogP contribution in [0.4, 0.5) is 0 Å². The molecule has 0 radical (unpaired) electrons. The summed E-state index contributed by atoms with van der Waals surface area (Å²) in [5, 5.41) is 139. The third-order valence-corrected chi connectivity index (χ3v) is 17.0. The molecular formula is C49H89N5O33S. The van der Waals surface area contributed by atoms with Crippen molar-refractivity contribution < 1.29 is 159 Å². The van der Waals surface area contributed by atoms with Crippen LogP contribution in [-0.2, 0) is 90.4 Å². The van der Waals surface area contributed by atoms with E-state index in [2.05, 4.69) is 4.18 Å². The first-order valence-electron chi connectivity index (χ1n) is 29.1. The maximum atomic E-state index is 11.7. The SMILES string of the molecule is NCCCCCO[C@@H]1OC[C@@H](O[C@H]2OC(CO)[C@@H](O[C@H]3C[C@H](O)[C@H](O[C@H]4OC(CO)[C@@H](O[C@H]5C[C@@H](O)[C@H](O[C@H]6OC(CO)[C@@H](O[C@H]7C[C@H](O)[C@H](O[C@H]8OC(CO)[C@@H](O)[C@H](O)C8N)CO7)[C@H](O)C6N)CO5)[C@H](O)C4N)CO3)[C@H](O)C2N)[C@H](O)C1OS(=O)(=O)O. The average Bonchev–Trinajstić information content (AvgIpc) is 3.66. The summed E-state index contributed by atoms with van der Waals surface area (Å²) in [7, 11) is -5.14. The lowest BCUT2D eigenvalue weighted by atomic mass is 9.96. The predicted octanol–water partition coefficient (Wildman–Crippen LogP) is -12.0. The Morgan fingerprint density at radius 2 is 0.750 bits per heavy atom. The first-order chi connectivity index (χ1) is 41.9. The highest BCUT2D eigenvalue weighted by Crippen LogP contribution is 2.36. The van der Waals surface area contributed by atoms with Crippen LogP contribution in [0.5, 0.6) is 0 Å². The molecule has 8 rings (SSSR count). The molecule has 8 aliphatic heterocycles. The molecule has 39 heteroatoms. The molecule has 38 nitrogen and oxygen atoms in total. The van der Waals surface area contributed by atoms with Gasteiger partial charge >= 0.3 is 10.4 Å². The Morgan fingerprint density at radius 1 is 0.398 bits per heavy atom. The van der Waals surface area contributed by atoms with Crippen molar-refractivity contribution in [3.8, 4) is 0 Å². The van der Waals surface area contributed by atoms with Gasteiger partial charge in [-0.2, -0.15) is 8.42 Å². The fraction of sp³-hybridized carbons (Fsp3) is 1.00. The standard InChI is InChI=1S/C49H89N5O33S/c50-4-2-1-3-5-71-49-44(87-88(68,69)70)36(63)27(16-75-49)83-48-34(54)40(67)43(23(12-58)79-48)86-30-8-19(61)26(15-74-30)82-47-33(53)39(66)42(22(11-57)78-47)85-29-7-18(60)25(14-73-29)81-46-32(52)38(65)41(21(10-56)77-46)84-28-6-17(59)24(13-72-28)80-45-31(51)37(64)35(62)20(9-55)76-45/h17-49,55-67H,1-16,50-54H2,(H,68,69,70)/t17-,18+,19-,20?,21?,22?,23?,24+,25+,26+,27+,28-,29-,30-,31?,32?,33?,34?,35+,36-,37+,38+,39+,40+,41+,42+,43+,44?,45+,46+,47+,48+,49+/m0/s1. The van der Waals surface area contributed by atoms with Gasteiger partial charge in [0.05, 0.1) is 95.3 Å². The van der Waals surface area contributed by atoms with Crippen LogP contribution in [0, 0.1) is 0 Å². The number of hydrogen-bond acceptors (Lipinski definition) is 37. The van der Waals surface area contributed by atoms with Crippen LogP contribution in [-0.4, -0.2) is 348 Å². The molecular weight excluding hydrogens is 1220 g/mol. The lowest BCUT2D eigenvalue weighted by Crippen LogP contribution is -2.66. The molecule has 0 bridgehead atoms. The van der Waals surface area contributed by atoms with Gasteiger partial charge < -0.3 is 171 Å². The summed E-state index contributed by atoms with van der Waals surface area (Å²) in [6, 6.07) is -5.42. The molecule has 0 aliphatic carbocycles. The Kier molecular flexibility index (Phi) is 26.9. The van der Waals surface area contributed by atoms with E-state index in [1.807, 2.05) is 0 Å². The van der Waals surface area contributed by atoms with Crippen molar-refractivity contribution in [2.75, 3.05) is 66.0 Å². The van der Waals surface area contributed by atoms with Gasteiger partial charge in [-0.05, 0) is 25.8 Å². The maximum Gasteiger partial charge on any atom is 0.397 e. The van der Waals surface area contributed by atoms with Crippen LogP contribution in [0.15, 0.2) is 0 Å². The minimum absolute atomic E-state index is 0.0680. The van der Waals surface area contributed by atoms with E-state index >= 15 is 0 Å². The fourth-order valence-corrected chi connectivity index (χ4v) is 11.8. The largest absolute Gasteiger partial charge is 0.397 e. The minimum atomic E-state index is -5.14. The number of nitrogens with two attached hydrogens (primary N) is 5. The van der Waals surface area contributed by atoms with Gasteiger partial charge in [0, 0.05) is 25.9 Å². The normalized spacial score (nSPS) is 48.3. The quantitative estimate of drug-likeness (QED) is 0.0282. The molecule has 0 spiro atoms. The second-order valence-electron chi connectivity index (χ2n) is 22.8. The molecule has 9 unspecified atom stereocenters. The van der Waals surface area contributed by atoms with Crippen molar-refractivity contribution >= 4 is 10.4 Å². The fourth-order valence-electron chi connectivity index (χ4n) is 11.3. The van der Waals surface area contributed by atoms with Gasteiger partial charge in [0.15, 0.2) is 56.4 Å². The van der Waals surface area contributed by atoms with E-state index in [9.17, 15) is 79.4 Å². The van der Waals surface area contributed by atoms with Crippen LogP contribution >= 0.6 is 0 Å². The summed E-state index contributed by atoms with van der Waals surface area (Å²) in [6.07, 6.45) is -39.5. The summed E-state index contributed by atoms with van der Waals surface area (Å²) in [5.41, 5.74) is 30.5. The zero-order valence-corrected chi connectivity index (χ0v) is 48.5. The molecule has 33 atom stereocenters. The molecule has 0 amide bonds. The number of aliphatic hydroxyl groups is 13. The van der Waals surface area contributed by atoms with E-state index < -0.39 is 253 Å². The highest BCUT2D eigenvalue weighted by atomic mass is 32.3. The second kappa shape index (κ2) is 32.8. The van der Waals surface area contributed by atoms with Crippen LogP contribution in [0.1, 0.15) is 38.5 Å². The maximum absolute atomic E-state index is 11.7. The molecule has 0 aromatic heterocycles. The van der Waals surface area contributed by atoms with Crippen molar-refractivity contribution in [1.29, 1.82) is 0 Å². The van der Waals surface area contributed by atoms with Crippen molar-refractivity contribution in [3.63, 3.8) is 0 Å². The van der Waals surface area contributed by atoms with E-state index in [0.717, 1.165) is 0 Å². The van der Waals surface area contributed by atoms with Gasteiger partial charge in [-0.25, -0.2) is 4.18 Å². The lowest BCUT2D eigenvalue weighted by Gasteiger charge is -2.47. The average molecular weight is 1310 g/mol. The summed E-state index contributed by atoms with van der Waals surface area (Å²) in [4.78, 5) is 0. The zero-order chi connectivity index (χ0) is 63.9. The molecule has 8 saturated heterocycles. The Labute approximate surface area is 504 Å². The third kappa shape index (κ3) is 17.7. The number of aliphatic hydroxyl groups excluding tert-OH is 13. The van der Waals surface area contributed by atoms with Crippen molar-refractivity contribution in [1.82, 2.24) is 0 Å². The number of ether oxygens (including phenoxy) is 16. The number of rotatable bonds is 26. The van der Waals surface area contributed by atoms with Gasteiger partial charge in [-0.1, -0.05) is 0 Å². The molecule has 0 aromatic rings.